The first kappa shape index (κ1) is 17.6. The van der Waals surface area contributed by atoms with E-state index in [1.54, 1.807) is 0 Å². The highest BCUT2D eigenvalue weighted by Gasteiger charge is 2.49. The van der Waals surface area contributed by atoms with Gasteiger partial charge in [-0.25, -0.2) is 0 Å². The number of nitrogens with one attached hydrogen (secondary N) is 1. The number of ether oxygens (including phenoxy) is 2. The number of aliphatic hydroxyl groups excluding tert-OH is 1. The maximum Gasteiger partial charge on any atom is 0.315 e. The van der Waals surface area contributed by atoms with Gasteiger partial charge in [0.05, 0.1) is 25.9 Å². The van der Waals surface area contributed by atoms with E-state index in [0.29, 0.717) is 0 Å². The molecule has 3 aliphatic rings. The number of allylic oxidation sites excluding steroid dienone is 2. The summed E-state index contributed by atoms with van der Waals surface area (Å²) in [7, 11) is 0. The summed E-state index contributed by atoms with van der Waals surface area (Å²) in [6, 6.07) is 0. The average Bonchev–Trinajstić information content (AvgIpc) is 2.83. The van der Waals surface area contributed by atoms with E-state index in [-0.39, 0.29) is 23.9 Å². The van der Waals surface area contributed by atoms with E-state index in [4.69, 9.17) is 9.47 Å². The molecule has 0 saturated carbocycles. The van der Waals surface area contributed by atoms with Crippen molar-refractivity contribution in [3.63, 3.8) is 0 Å². The number of esters is 1. The van der Waals surface area contributed by atoms with Crippen LogP contribution >= 0.6 is 0 Å². The first-order chi connectivity index (χ1) is 11.5. The van der Waals surface area contributed by atoms with E-state index in [0.717, 1.165) is 52.1 Å². The zero-order valence-corrected chi connectivity index (χ0v) is 14.8. The second-order valence-corrected chi connectivity index (χ2v) is 7.52. The largest absolute Gasteiger partial charge is 0.461 e. The Morgan fingerprint density at radius 1 is 1.25 bits per heavy atom. The lowest BCUT2D eigenvalue weighted by Gasteiger charge is -2.29. The molecule has 24 heavy (non-hydrogen) atoms. The standard InChI is InChI=1S/C19H29NO4/c1-13-4-3-5-14(2)11-17-18(16(21)10-13)15(19(22)24-17)12-20-6-8-23-9-7-20/h5,10,15-18,21H,3-4,6-9,11-12H2,1-2H3/p+1/b13-10?,14-5+/t15-,16+,17-,18-/m0/s1. The molecule has 0 aromatic carbocycles. The van der Waals surface area contributed by atoms with E-state index in [9.17, 15) is 9.90 Å². The highest BCUT2D eigenvalue weighted by Crippen LogP contribution is 2.35. The van der Waals surface area contributed by atoms with Gasteiger partial charge in [0, 0.05) is 12.3 Å². The van der Waals surface area contributed by atoms with Crippen LogP contribution in [0.25, 0.3) is 0 Å². The van der Waals surface area contributed by atoms with Crippen LogP contribution in [0, 0.1) is 11.8 Å². The van der Waals surface area contributed by atoms with E-state index in [1.807, 2.05) is 6.08 Å². The van der Waals surface area contributed by atoms with Gasteiger partial charge in [-0.2, -0.15) is 0 Å². The van der Waals surface area contributed by atoms with Gasteiger partial charge in [-0.3, -0.25) is 4.79 Å². The minimum absolute atomic E-state index is 0.138. The molecule has 2 N–H and O–H groups in total. The number of carbonyl (C=O) groups excluding carboxylic acids is 1. The average molecular weight is 336 g/mol. The van der Waals surface area contributed by atoms with Gasteiger partial charge in [0.2, 0.25) is 0 Å². The Bertz CT molecular complexity index is 521. The van der Waals surface area contributed by atoms with Gasteiger partial charge < -0.3 is 19.5 Å². The Morgan fingerprint density at radius 3 is 2.75 bits per heavy atom. The molecule has 4 atom stereocenters. The number of aliphatic hydroxyl groups is 1. The first-order valence-electron chi connectivity index (χ1n) is 9.17. The lowest BCUT2D eigenvalue weighted by Crippen LogP contribution is -3.15. The lowest BCUT2D eigenvalue weighted by molar-refractivity contribution is -0.910. The smallest absolute Gasteiger partial charge is 0.315 e. The number of quaternary nitrogens is 1. The summed E-state index contributed by atoms with van der Waals surface area (Å²) in [4.78, 5) is 13.9. The molecule has 0 radical (unpaired) electrons. The van der Waals surface area contributed by atoms with Crippen LogP contribution in [0.3, 0.4) is 0 Å². The fourth-order valence-corrected chi connectivity index (χ4v) is 4.19. The molecule has 0 amide bonds. The summed E-state index contributed by atoms with van der Waals surface area (Å²) in [5.74, 6) is -0.514. The molecule has 5 nitrogen and oxygen atoms in total. The zero-order chi connectivity index (χ0) is 17.1. The Morgan fingerprint density at radius 2 is 2.00 bits per heavy atom. The van der Waals surface area contributed by atoms with Crippen LogP contribution in [0.15, 0.2) is 23.3 Å². The molecule has 0 aromatic rings. The van der Waals surface area contributed by atoms with Crippen molar-refractivity contribution < 1.29 is 24.3 Å². The highest BCUT2D eigenvalue weighted by atomic mass is 16.6. The summed E-state index contributed by atoms with van der Waals surface area (Å²) in [5, 5.41) is 10.8. The molecule has 2 heterocycles. The van der Waals surface area contributed by atoms with Gasteiger partial charge in [-0.1, -0.05) is 23.3 Å². The van der Waals surface area contributed by atoms with Gasteiger partial charge in [0.25, 0.3) is 0 Å². The van der Waals surface area contributed by atoms with Crippen LogP contribution in [0.2, 0.25) is 0 Å². The van der Waals surface area contributed by atoms with Crippen molar-refractivity contribution >= 4 is 5.97 Å². The number of hydrogen-bond acceptors (Lipinski definition) is 4. The van der Waals surface area contributed by atoms with E-state index in [1.165, 1.54) is 16.0 Å². The number of fused-ring (bicyclic) bond motifs is 1. The molecule has 2 saturated heterocycles. The molecular formula is C19H30NO4+. The number of rotatable bonds is 2. The van der Waals surface area contributed by atoms with Crippen molar-refractivity contribution in [3.05, 3.63) is 23.3 Å². The third-order valence-electron chi connectivity index (χ3n) is 5.58. The molecule has 134 valence electrons. The number of hydrogen-bond donors (Lipinski definition) is 2. The minimum atomic E-state index is -0.613. The SMILES string of the molecule is CC1=C[C@@H](O)[C@H]2[C@H](C/C(C)=C/CC1)OC(=O)[C@H]2C[NH+]1CCOCC1. The summed E-state index contributed by atoms with van der Waals surface area (Å²) in [5.41, 5.74) is 2.43. The van der Waals surface area contributed by atoms with Gasteiger partial charge >= 0.3 is 5.97 Å². The minimum Gasteiger partial charge on any atom is -0.461 e. The third kappa shape index (κ3) is 4.08. The van der Waals surface area contributed by atoms with Gasteiger partial charge in [-0.15, -0.1) is 0 Å². The van der Waals surface area contributed by atoms with Crippen LogP contribution in [0.5, 0.6) is 0 Å². The van der Waals surface area contributed by atoms with Crippen LogP contribution in [0.4, 0.5) is 0 Å². The van der Waals surface area contributed by atoms with E-state index in [2.05, 4.69) is 19.9 Å². The molecule has 2 fully saturated rings. The highest BCUT2D eigenvalue weighted by molar-refractivity contribution is 5.75. The molecule has 1 aliphatic carbocycles. The fraction of sp³-hybridized carbons (Fsp3) is 0.737. The van der Waals surface area contributed by atoms with Crippen LogP contribution < -0.4 is 4.90 Å². The summed E-state index contributed by atoms with van der Waals surface area (Å²) in [6.45, 7) is 8.22. The fourth-order valence-electron chi connectivity index (χ4n) is 4.19. The summed E-state index contributed by atoms with van der Waals surface area (Å²) < 4.78 is 11.1. The molecule has 0 unspecified atom stereocenters. The molecule has 2 aliphatic heterocycles. The van der Waals surface area contributed by atoms with Crippen LogP contribution in [-0.4, -0.2) is 56.1 Å². The molecule has 5 heteroatoms. The van der Waals surface area contributed by atoms with Crippen molar-refractivity contribution in [3.8, 4) is 0 Å². The second-order valence-electron chi connectivity index (χ2n) is 7.52. The number of carbonyl (C=O) groups is 1. The van der Waals surface area contributed by atoms with Crippen LogP contribution in [0.1, 0.15) is 33.1 Å². The van der Waals surface area contributed by atoms with Gasteiger partial charge in [0.1, 0.15) is 25.1 Å². The first-order valence-corrected chi connectivity index (χ1v) is 9.17. The van der Waals surface area contributed by atoms with E-state index < -0.39 is 6.10 Å². The van der Waals surface area contributed by atoms with Gasteiger partial charge in [0.15, 0.2) is 0 Å². The predicted molar refractivity (Wildman–Crippen MR) is 90.6 cm³/mol. The summed E-state index contributed by atoms with van der Waals surface area (Å²) in [6.07, 6.45) is 6.02. The van der Waals surface area contributed by atoms with Crippen molar-refractivity contribution in [1.29, 1.82) is 0 Å². The normalized spacial score (nSPS) is 37.9. The Balaban J connectivity index is 1.81. The third-order valence-corrected chi connectivity index (χ3v) is 5.58. The van der Waals surface area contributed by atoms with Crippen molar-refractivity contribution in [2.24, 2.45) is 11.8 Å². The van der Waals surface area contributed by atoms with Crippen molar-refractivity contribution in [2.75, 3.05) is 32.8 Å². The predicted octanol–water partition coefficient (Wildman–Crippen LogP) is 0.497. The Kier molecular flexibility index (Phi) is 5.74. The molecule has 0 bridgehead atoms. The van der Waals surface area contributed by atoms with Crippen molar-refractivity contribution in [2.45, 2.75) is 45.3 Å². The van der Waals surface area contributed by atoms with Crippen LogP contribution in [-0.2, 0) is 14.3 Å². The van der Waals surface area contributed by atoms with E-state index >= 15 is 0 Å². The molecule has 3 rings (SSSR count). The quantitative estimate of drug-likeness (QED) is 0.569. The zero-order valence-electron chi connectivity index (χ0n) is 14.8. The number of morpholine rings is 1. The lowest BCUT2D eigenvalue weighted by atomic mass is 9.81. The topological polar surface area (TPSA) is 60.2 Å². The maximum atomic E-state index is 12.5. The molecular weight excluding hydrogens is 306 g/mol. The monoisotopic (exact) mass is 336 g/mol. The Labute approximate surface area is 144 Å². The maximum absolute atomic E-state index is 12.5. The summed E-state index contributed by atoms with van der Waals surface area (Å²) >= 11 is 0. The molecule has 0 aromatic heterocycles. The van der Waals surface area contributed by atoms with Gasteiger partial charge in [-0.05, 0) is 26.7 Å². The Hall–Kier alpha value is -1.17. The second kappa shape index (κ2) is 7.81. The van der Waals surface area contributed by atoms with Crippen molar-refractivity contribution in [1.82, 2.24) is 0 Å². The molecule has 0 spiro atoms.